The zero-order valence-corrected chi connectivity index (χ0v) is 10.7. The van der Waals surface area contributed by atoms with Gasteiger partial charge in [0.25, 0.3) is 0 Å². The number of allylic oxidation sites excluding steroid dienone is 2. The molecule has 1 saturated heterocycles. The van der Waals surface area contributed by atoms with Crippen LogP contribution in [0.4, 0.5) is 0 Å². The van der Waals surface area contributed by atoms with Crippen molar-refractivity contribution in [3.05, 3.63) is 23.3 Å². The Bertz CT molecular complexity index is 358. The van der Waals surface area contributed by atoms with Gasteiger partial charge >= 0.3 is 0 Å². The highest BCUT2D eigenvalue weighted by Gasteiger charge is 2.36. The first kappa shape index (κ1) is 11.5. The molecule has 2 aliphatic carbocycles. The molecule has 0 spiro atoms. The molecular weight excluding hydrogens is 210 g/mol. The molecule has 0 aromatic rings. The van der Waals surface area contributed by atoms with Gasteiger partial charge in [0.05, 0.1) is 6.10 Å². The summed E-state index contributed by atoms with van der Waals surface area (Å²) in [5.74, 6) is 0.617. The lowest BCUT2D eigenvalue weighted by molar-refractivity contribution is 0.111. The van der Waals surface area contributed by atoms with Gasteiger partial charge < -0.3 is 10.0 Å². The molecule has 1 fully saturated rings. The summed E-state index contributed by atoms with van der Waals surface area (Å²) >= 11 is 0. The number of aliphatic hydroxyl groups is 1. The number of likely N-dealkylation sites (tertiary alicyclic amines) is 1. The maximum atomic E-state index is 10.1. The Morgan fingerprint density at radius 2 is 2.12 bits per heavy atom. The summed E-state index contributed by atoms with van der Waals surface area (Å²) in [6, 6.07) is 0.682. The molecule has 3 atom stereocenters. The average Bonchev–Trinajstić information content (AvgIpc) is 2.74. The van der Waals surface area contributed by atoms with Crippen molar-refractivity contribution in [1.82, 2.24) is 4.90 Å². The van der Waals surface area contributed by atoms with Crippen LogP contribution in [0.15, 0.2) is 23.3 Å². The van der Waals surface area contributed by atoms with Crippen molar-refractivity contribution in [2.24, 2.45) is 5.92 Å². The highest BCUT2D eigenvalue weighted by Crippen LogP contribution is 2.41. The van der Waals surface area contributed by atoms with E-state index < -0.39 is 0 Å². The Balaban J connectivity index is 1.86. The zero-order chi connectivity index (χ0) is 11.8. The Hall–Kier alpha value is -0.600. The third-order valence-electron chi connectivity index (χ3n) is 4.82. The zero-order valence-electron chi connectivity index (χ0n) is 10.7. The predicted molar refractivity (Wildman–Crippen MR) is 69.8 cm³/mol. The Morgan fingerprint density at radius 1 is 1.29 bits per heavy atom. The van der Waals surface area contributed by atoms with Crippen LogP contribution in [0.2, 0.25) is 0 Å². The van der Waals surface area contributed by atoms with Crippen LogP contribution >= 0.6 is 0 Å². The van der Waals surface area contributed by atoms with E-state index in [9.17, 15) is 5.11 Å². The molecule has 1 heterocycles. The normalized spacial score (nSPS) is 38.6. The van der Waals surface area contributed by atoms with Crippen LogP contribution in [-0.4, -0.2) is 35.7 Å². The van der Waals surface area contributed by atoms with Gasteiger partial charge in [0.1, 0.15) is 0 Å². The monoisotopic (exact) mass is 233 g/mol. The molecule has 2 nitrogen and oxygen atoms in total. The van der Waals surface area contributed by atoms with Gasteiger partial charge in [0.15, 0.2) is 0 Å². The molecule has 0 amide bonds. The van der Waals surface area contributed by atoms with E-state index in [0.29, 0.717) is 12.0 Å². The molecule has 2 heteroatoms. The Kier molecular flexibility index (Phi) is 3.10. The molecule has 0 aromatic carbocycles. The minimum absolute atomic E-state index is 0.0979. The third-order valence-corrected chi connectivity index (χ3v) is 4.82. The van der Waals surface area contributed by atoms with Crippen LogP contribution in [0.1, 0.15) is 38.5 Å². The van der Waals surface area contributed by atoms with Crippen molar-refractivity contribution in [3.63, 3.8) is 0 Å². The number of aliphatic hydroxyl groups excluding tert-OH is 1. The molecule has 0 radical (unpaired) electrons. The summed E-state index contributed by atoms with van der Waals surface area (Å²) in [5.41, 5.74) is 3.20. The van der Waals surface area contributed by atoms with Crippen LogP contribution in [0.3, 0.4) is 0 Å². The lowest BCUT2D eigenvalue weighted by Crippen LogP contribution is -2.38. The third kappa shape index (κ3) is 2.09. The number of hydrogen-bond acceptors (Lipinski definition) is 2. The summed E-state index contributed by atoms with van der Waals surface area (Å²) in [7, 11) is 2.25. The predicted octanol–water partition coefficient (Wildman–Crippen LogP) is 2.50. The molecule has 3 unspecified atom stereocenters. The van der Waals surface area contributed by atoms with E-state index >= 15 is 0 Å². The van der Waals surface area contributed by atoms with E-state index in [1.165, 1.54) is 25.0 Å². The van der Waals surface area contributed by atoms with Crippen molar-refractivity contribution in [3.8, 4) is 0 Å². The van der Waals surface area contributed by atoms with Crippen LogP contribution in [0, 0.1) is 5.92 Å². The Labute approximate surface area is 104 Å². The fourth-order valence-corrected chi connectivity index (χ4v) is 3.98. The van der Waals surface area contributed by atoms with Crippen molar-refractivity contribution >= 4 is 0 Å². The first-order valence-corrected chi connectivity index (χ1v) is 7.00. The lowest BCUT2D eigenvalue weighted by Gasteiger charge is -2.38. The maximum absolute atomic E-state index is 10.1. The molecule has 1 N–H and O–H groups in total. The van der Waals surface area contributed by atoms with Gasteiger partial charge in [0, 0.05) is 6.04 Å². The molecule has 17 heavy (non-hydrogen) atoms. The van der Waals surface area contributed by atoms with E-state index in [-0.39, 0.29) is 6.10 Å². The number of hydrogen-bond donors (Lipinski definition) is 1. The standard InChI is InChI=1S/C15H23NO/c1-16-8-4-7-15(16)14-10-12(17)9-11-5-2-3-6-13(11)14/h2-3,12,14-15,17H,4-10H2,1H3. The first-order chi connectivity index (χ1) is 8.25. The first-order valence-electron chi connectivity index (χ1n) is 7.00. The van der Waals surface area contributed by atoms with Gasteiger partial charge in [-0.1, -0.05) is 23.3 Å². The fraction of sp³-hybridized carbons (Fsp3) is 0.733. The number of rotatable bonds is 1. The van der Waals surface area contributed by atoms with Gasteiger partial charge in [-0.2, -0.15) is 0 Å². The smallest absolute Gasteiger partial charge is 0.0583 e. The molecule has 0 saturated carbocycles. The summed E-state index contributed by atoms with van der Waals surface area (Å²) in [6.07, 6.45) is 11.3. The molecule has 0 aromatic heterocycles. The van der Waals surface area contributed by atoms with Gasteiger partial charge in [-0.05, 0) is 58.0 Å². The highest BCUT2D eigenvalue weighted by atomic mass is 16.3. The fourth-order valence-electron chi connectivity index (χ4n) is 3.98. The topological polar surface area (TPSA) is 23.5 Å². The van der Waals surface area contributed by atoms with E-state index in [4.69, 9.17) is 0 Å². The second-order valence-corrected chi connectivity index (χ2v) is 5.90. The molecule has 0 bridgehead atoms. The SMILES string of the molecule is CN1CCCC1C1CC(O)CC2=C1CC=CC2. The minimum atomic E-state index is -0.0979. The molecule has 1 aliphatic heterocycles. The van der Waals surface area contributed by atoms with E-state index in [1.807, 2.05) is 0 Å². The second kappa shape index (κ2) is 4.58. The van der Waals surface area contributed by atoms with Crippen molar-refractivity contribution in [2.75, 3.05) is 13.6 Å². The summed E-state index contributed by atoms with van der Waals surface area (Å²) in [6.45, 7) is 1.23. The van der Waals surface area contributed by atoms with E-state index in [0.717, 1.165) is 25.7 Å². The van der Waals surface area contributed by atoms with Gasteiger partial charge in [-0.3, -0.25) is 0 Å². The molecule has 3 rings (SSSR count). The van der Waals surface area contributed by atoms with Gasteiger partial charge in [-0.25, -0.2) is 0 Å². The van der Waals surface area contributed by atoms with Crippen LogP contribution < -0.4 is 0 Å². The summed E-state index contributed by atoms with van der Waals surface area (Å²) < 4.78 is 0. The van der Waals surface area contributed by atoms with Crippen LogP contribution in [0.5, 0.6) is 0 Å². The van der Waals surface area contributed by atoms with Crippen molar-refractivity contribution in [1.29, 1.82) is 0 Å². The summed E-state index contributed by atoms with van der Waals surface area (Å²) in [4.78, 5) is 2.51. The average molecular weight is 233 g/mol. The van der Waals surface area contributed by atoms with E-state index in [2.05, 4.69) is 24.1 Å². The minimum Gasteiger partial charge on any atom is -0.393 e. The van der Waals surface area contributed by atoms with Gasteiger partial charge in [-0.15, -0.1) is 0 Å². The van der Waals surface area contributed by atoms with Crippen molar-refractivity contribution in [2.45, 2.75) is 50.7 Å². The molecular formula is C15H23NO. The van der Waals surface area contributed by atoms with Crippen LogP contribution in [0.25, 0.3) is 0 Å². The lowest BCUT2D eigenvalue weighted by atomic mass is 9.73. The maximum Gasteiger partial charge on any atom is 0.0583 e. The molecule has 94 valence electrons. The summed E-state index contributed by atoms with van der Waals surface area (Å²) in [5, 5.41) is 10.1. The van der Waals surface area contributed by atoms with Crippen molar-refractivity contribution < 1.29 is 5.11 Å². The Morgan fingerprint density at radius 3 is 2.88 bits per heavy atom. The largest absolute Gasteiger partial charge is 0.393 e. The van der Waals surface area contributed by atoms with E-state index in [1.54, 1.807) is 5.57 Å². The number of nitrogens with zero attached hydrogens (tertiary/aromatic N) is 1. The highest BCUT2D eigenvalue weighted by molar-refractivity contribution is 5.30. The van der Waals surface area contributed by atoms with Gasteiger partial charge in [0.2, 0.25) is 0 Å². The molecule has 3 aliphatic rings. The quantitative estimate of drug-likeness (QED) is 0.703. The second-order valence-electron chi connectivity index (χ2n) is 5.90. The van der Waals surface area contributed by atoms with Crippen LogP contribution in [-0.2, 0) is 0 Å².